The second-order valence-corrected chi connectivity index (χ2v) is 3.39. The highest BCUT2D eigenvalue weighted by atomic mass is 35.5. The predicted octanol–water partition coefficient (Wildman–Crippen LogP) is 3.62. The Hall–Kier alpha value is -1.43. The molecule has 0 aliphatic rings. The number of anilines is 1. The molecule has 1 unspecified atom stereocenters. The molecule has 1 aromatic carbocycles. The Morgan fingerprint density at radius 2 is 1.81 bits per heavy atom. The maximum absolute atomic E-state index is 12.2. The second kappa shape index (κ2) is 4.61. The highest BCUT2D eigenvalue weighted by molar-refractivity contribution is 6.21. The number of rotatable bonds is 2. The summed E-state index contributed by atoms with van der Waals surface area (Å²) in [5, 5.41) is 8.27. The topological polar surface area (TPSA) is 49.3 Å². The number of hydrogen-bond acceptors (Lipinski definition) is 1. The van der Waals surface area contributed by atoms with Crippen LogP contribution in [0.1, 0.15) is 10.9 Å². The van der Waals surface area contributed by atoms with Gasteiger partial charge < -0.3 is 5.11 Å². The molecule has 7 heteroatoms. The van der Waals surface area contributed by atoms with E-state index in [1.54, 1.807) is 0 Å². The van der Waals surface area contributed by atoms with Crippen molar-refractivity contribution in [1.82, 2.24) is 0 Å². The molecule has 3 nitrogen and oxygen atoms in total. The fourth-order valence-electron chi connectivity index (χ4n) is 1.05. The van der Waals surface area contributed by atoms with Gasteiger partial charge in [0.1, 0.15) is 0 Å². The van der Waals surface area contributed by atoms with E-state index in [-0.39, 0.29) is 11.3 Å². The van der Waals surface area contributed by atoms with Gasteiger partial charge in [-0.1, -0.05) is 12.1 Å². The van der Waals surface area contributed by atoms with Gasteiger partial charge in [0.15, 0.2) is 5.38 Å². The maximum atomic E-state index is 12.2. The minimum Gasteiger partial charge on any atom is -0.465 e. The van der Waals surface area contributed by atoms with Crippen LogP contribution in [0.25, 0.3) is 0 Å². The number of carbonyl (C=O) groups is 1. The Balaban J connectivity index is 2.83. The summed E-state index contributed by atoms with van der Waals surface area (Å²) in [4.78, 5) is 10.2. The van der Waals surface area contributed by atoms with Crippen LogP contribution in [0.3, 0.4) is 0 Å². The second-order valence-electron chi connectivity index (χ2n) is 2.96. The number of hydrogen-bond donors (Lipinski definition) is 2. The fraction of sp³-hybridized carbons (Fsp3) is 0.222. The van der Waals surface area contributed by atoms with Crippen molar-refractivity contribution in [2.24, 2.45) is 0 Å². The molecule has 0 heterocycles. The number of carboxylic acid groups (broad SMARTS) is 1. The molecule has 0 spiro atoms. The molecule has 0 fully saturated rings. The Morgan fingerprint density at radius 1 is 1.31 bits per heavy atom. The monoisotopic (exact) mass is 253 g/mol. The summed E-state index contributed by atoms with van der Waals surface area (Å²) in [7, 11) is 0. The molecule has 0 radical (unpaired) electrons. The fourth-order valence-corrected chi connectivity index (χ4v) is 1.19. The van der Waals surface area contributed by atoms with Gasteiger partial charge in [-0.25, -0.2) is 4.79 Å². The molecule has 0 bridgehead atoms. The Bertz CT molecular complexity index is 377. The zero-order chi connectivity index (χ0) is 12.3. The molecular formula is C9H7ClF3NO2. The Labute approximate surface area is 93.8 Å². The average molecular weight is 254 g/mol. The third-order valence-corrected chi connectivity index (χ3v) is 2.24. The first-order valence-corrected chi connectivity index (χ1v) is 4.55. The number of halogens is 4. The standard InChI is InChI=1S/C9H7ClF3NO2/c10-7(9(11,12)13)5-1-3-6(4-2-5)14-8(15)16/h1-4,7,14H,(H,15,16). The van der Waals surface area contributed by atoms with Gasteiger partial charge in [0.05, 0.1) is 0 Å². The SMILES string of the molecule is O=C(O)Nc1ccc(C(Cl)C(F)(F)F)cc1. The van der Waals surface area contributed by atoms with E-state index in [2.05, 4.69) is 0 Å². The van der Waals surface area contributed by atoms with Crippen LogP contribution in [0.5, 0.6) is 0 Å². The van der Waals surface area contributed by atoms with Crippen LogP contribution in [0, 0.1) is 0 Å². The third kappa shape index (κ3) is 3.30. The van der Waals surface area contributed by atoms with E-state index in [9.17, 15) is 18.0 Å². The van der Waals surface area contributed by atoms with Crippen LogP contribution >= 0.6 is 11.6 Å². The van der Waals surface area contributed by atoms with Crippen LogP contribution in [-0.4, -0.2) is 17.4 Å². The van der Waals surface area contributed by atoms with Gasteiger partial charge >= 0.3 is 12.3 Å². The molecule has 1 atom stereocenters. The minimum absolute atomic E-state index is 0.134. The van der Waals surface area contributed by atoms with Crippen LogP contribution in [0.15, 0.2) is 24.3 Å². The summed E-state index contributed by atoms with van der Waals surface area (Å²) in [6, 6.07) is 4.67. The average Bonchev–Trinajstić information content (AvgIpc) is 2.15. The van der Waals surface area contributed by atoms with Crippen LogP contribution in [-0.2, 0) is 0 Å². The lowest BCUT2D eigenvalue weighted by molar-refractivity contribution is -0.131. The first-order valence-electron chi connectivity index (χ1n) is 4.11. The van der Waals surface area contributed by atoms with E-state index in [0.29, 0.717) is 0 Å². The first-order chi connectivity index (χ1) is 7.30. The predicted molar refractivity (Wildman–Crippen MR) is 52.7 cm³/mol. The molecule has 88 valence electrons. The molecule has 1 amide bonds. The van der Waals surface area contributed by atoms with Crippen LogP contribution in [0.2, 0.25) is 0 Å². The van der Waals surface area contributed by atoms with E-state index >= 15 is 0 Å². The third-order valence-electron chi connectivity index (χ3n) is 1.74. The van der Waals surface area contributed by atoms with E-state index < -0.39 is 17.6 Å². The zero-order valence-corrected chi connectivity index (χ0v) is 8.51. The van der Waals surface area contributed by atoms with Gasteiger partial charge in [0.2, 0.25) is 0 Å². The molecule has 0 aliphatic heterocycles. The lowest BCUT2D eigenvalue weighted by Crippen LogP contribution is -2.15. The van der Waals surface area contributed by atoms with E-state index in [1.807, 2.05) is 5.32 Å². The van der Waals surface area contributed by atoms with E-state index in [1.165, 1.54) is 12.1 Å². The molecule has 0 saturated heterocycles. The summed E-state index contributed by atoms with van der Waals surface area (Å²) < 4.78 is 36.6. The van der Waals surface area contributed by atoms with Crippen molar-refractivity contribution >= 4 is 23.4 Å². The molecule has 16 heavy (non-hydrogen) atoms. The molecule has 0 saturated carbocycles. The van der Waals surface area contributed by atoms with Gasteiger partial charge in [-0.15, -0.1) is 11.6 Å². The van der Waals surface area contributed by atoms with Crippen molar-refractivity contribution in [1.29, 1.82) is 0 Å². The largest absolute Gasteiger partial charge is 0.465 e. The normalized spacial score (nSPS) is 13.2. The summed E-state index contributed by atoms with van der Waals surface area (Å²) in [6.45, 7) is 0. The zero-order valence-electron chi connectivity index (χ0n) is 7.75. The van der Waals surface area contributed by atoms with Gasteiger partial charge in [0, 0.05) is 5.69 Å². The lowest BCUT2D eigenvalue weighted by atomic mass is 10.1. The number of alkyl halides is 4. The molecule has 1 rings (SSSR count). The van der Waals surface area contributed by atoms with Crippen molar-refractivity contribution in [2.75, 3.05) is 5.32 Å². The van der Waals surface area contributed by atoms with Crippen LogP contribution < -0.4 is 5.32 Å². The van der Waals surface area contributed by atoms with Gasteiger partial charge in [-0.3, -0.25) is 5.32 Å². The molecule has 1 aromatic rings. The highest BCUT2D eigenvalue weighted by Gasteiger charge is 2.39. The lowest BCUT2D eigenvalue weighted by Gasteiger charge is -2.14. The summed E-state index contributed by atoms with van der Waals surface area (Å²) in [5.41, 5.74) is 0.0485. The van der Waals surface area contributed by atoms with Crippen molar-refractivity contribution in [3.63, 3.8) is 0 Å². The minimum atomic E-state index is -4.52. The van der Waals surface area contributed by atoms with Crippen molar-refractivity contribution in [3.8, 4) is 0 Å². The number of benzene rings is 1. The van der Waals surface area contributed by atoms with Crippen molar-refractivity contribution in [3.05, 3.63) is 29.8 Å². The molecule has 0 aromatic heterocycles. The highest BCUT2D eigenvalue weighted by Crippen LogP contribution is 2.38. The van der Waals surface area contributed by atoms with E-state index in [0.717, 1.165) is 12.1 Å². The van der Waals surface area contributed by atoms with Gasteiger partial charge in [0.25, 0.3) is 0 Å². The Kier molecular flexibility index (Phi) is 3.64. The Morgan fingerprint density at radius 3 is 2.19 bits per heavy atom. The van der Waals surface area contributed by atoms with Gasteiger partial charge in [-0.2, -0.15) is 13.2 Å². The first kappa shape index (κ1) is 12.6. The van der Waals surface area contributed by atoms with Crippen molar-refractivity contribution < 1.29 is 23.1 Å². The molecule has 2 N–H and O–H groups in total. The van der Waals surface area contributed by atoms with E-state index in [4.69, 9.17) is 16.7 Å². The summed E-state index contributed by atoms with van der Waals surface area (Å²) in [6.07, 6.45) is -5.81. The summed E-state index contributed by atoms with van der Waals surface area (Å²) in [5.74, 6) is 0. The number of amides is 1. The maximum Gasteiger partial charge on any atom is 0.409 e. The smallest absolute Gasteiger partial charge is 0.409 e. The number of nitrogens with one attached hydrogen (secondary N) is 1. The quantitative estimate of drug-likeness (QED) is 0.791. The molecular weight excluding hydrogens is 247 g/mol. The van der Waals surface area contributed by atoms with Gasteiger partial charge in [-0.05, 0) is 17.7 Å². The van der Waals surface area contributed by atoms with Crippen LogP contribution in [0.4, 0.5) is 23.7 Å². The van der Waals surface area contributed by atoms with Crippen molar-refractivity contribution in [2.45, 2.75) is 11.6 Å². The summed E-state index contributed by atoms with van der Waals surface area (Å²) >= 11 is 5.18. The molecule has 0 aliphatic carbocycles.